The molecule has 360 valence electrons. The second kappa shape index (κ2) is 22.6. The molecule has 6 heterocycles. The van der Waals surface area contributed by atoms with Crippen LogP contribution < -0.4 is 22.1 Å². The van der Waals surface area contributed by atoms with E-state index in [-0.39, 0.29) is 44.5 Å². The van der Waals surface area contributed by atoms with Crippen LogP contribution in [-0.4, -0.2) is 88.0 Å². The molecule has 2 aromatic carbocycles. The Morgan fingerprint density at radius 1 is 0.657 bits per heavy atom. The molecule has 0 spiro atoms. The Balaban J connectivity index is 0.000000212. The van der Waals surface area contributed by atoms with Crippen LogP contribution in [0.2, 0.25) is 25.7 Å². The molecule has 0 aliphatic heterocycles. The van der Waals surface area contributed by atoms with Gasteiger partial charge in [-0.2, -0.15) is 10.2 Å². The number of anilines is 4. The lowest BCUT2D eigenvalue weighted by Crippen LogP contribution is -2.39. The van der Waals surface area contributed by atoms with Crippen LogP contribution in [0.3, 0.4) is 0 Å². The van der Waals surface area contributed by atoms with Crippen LogP contribution in [-0.2, 0) is 56.8 Å². The molecular formula is C50H56N14O5Si. The van der Waals surface area contributed by atoms with Gasteiger partial charge in [-0.25, -0.2) is 14.6 Å². The molecule has 19 nitrogen and oxygen atoms in total. The fourth-order valence-corrected chi connectivity index (χ4v) is 8.12. The van der Waals surface area contributed by atoms with E-state index in [2.05, 4.69) is 65.5 Å². The van der Waals surface area contributed by atoms with Crippen LogP contribution in [0.15, 0.2) is 122 Å². The Kier molecular flexibility index (Phi) is 16.0. The third-order valence-corrected chi connectivity index (χ3v) is 12.7. The molecule has 6 aromatic heterocycles. The number of amides is 4. The molecule has 0 saturated heterocycles. The minimum absolute atomic E-state index is 0.180. The predicted octanol–water partition coefficient (Wildman–Crippen LogP) is 6.61. The van der Waals surface area contributed by atoms with E-state index < -0.39 is 31.7 Å². The number of carbonyl (C=O) groups excluding carboxylic acids is 4. The van der Waals surface area contributed by atoms with Gasteiger partial charge in [-0.1, -0.05) is 91.4 Å². The number of hydrogen-bond acceptors (Lipinski definition) is 13. The number of ether oxygens (including phenoxy) is 1. The second-order valence-electron chi connectivity index (χ2n) is 17.9. The van der Waals surface area contributed by atoms with E-state index in [1.807, 2.05) is 86.6 Å². The highest BCUT2D eigenvalue weighted by Crippen LogP contribution is 2.27. The van der Waals surface area contributed by atoms with Gasteiger partial charge in [0.05, 0.1) is 82.4 Å². The van der Waals surface area contributed by atoms with Gasteiger partial charge < -0.3 is 36.6 Å². The quantitative estimate of drug-likeness (QED) is 0.0412. The van der Waals surface area contributed by atoms with Crippen molar-refractivity contribution >= 4 is 76.5 Å². The number of benzene rings is 2. The maximum absolute atomic E-state index is 13.5. The smallest absolute Gasteiger partial charge is 0.314 e. The summed E-state index contributed by atoms with van der Waals surface area (Å²) in [7, 11) is -1.25. The molecule has 0 atom stereocenters. The Hall–Kier alpha value is -8.36. The van der Waals surface area contributed by atoms with Crippen LogP contribution in [0.25, 0.3) is 21.8 Å². The molecule has 0 aliphatic carbocycles. The number of aromatic amines is 1. The first-order chi connectivity index (χ1) is 33.6. The van der Waals surface area contributed by atoms with Crippen molar-refractivity contribution in [1.82, 2.24) is 49.7 Å². The zero-order chi connectivity index (χ0) is 49.8. The van der Waals surface area contributed by atoms with Crippen molar-refractivity contribution in [3.63, 3.8) is 0 Å². The van der Waals surface area contributed by atoms with Gasteiger partial charge in [0.2, 0.25) is 0 Å². The summed E-state index contributed by atoms with van der Waals surface area (Å²) in [6.45, 7) is 12.5. The number of nitrogens with zero attached hydrogens (tertiary/aromatic N) is 9. The highest BCUT2D eigenvalue weighted by atomic mass is 28.3. The molecule has 8 aromatic rings. The molecular weight excluding hydrogens is 905 g/mol. The minimum Gasteiger partial charge on any atom is -0.383 e. The van der Waals surface area contributed by atoms with E-state index in [1.165, 1.54) is 28.4 Å². The summed E-state index contributed by atoms with van der Waals surface area (Å²) in [5.41, 5.74) is 18.9. The summed E-state index contributed by atoms with van der Waals surface area (Å²) in [4.78, 5) is 72.5. The zero-order valence-electron chi connectivity index (χ0n) is 39.7. The van der Waals surface area contributed by atoms with E-state index in [0.717, 1.165) is 28.3 Å². The van der Waals surface area contributed by atoms with Crippen molar-refractivity contribution < 1.29 is 23.9 Å². The van der Waals surface area contributed by atoms with Crippen LogP contribution in [0.5, 0.6) is 0 Å². The first-order valence-electron chi connectivity index (χ1n) is 22.5. The van der Waals surface area contributed by atoms with Gasteiger partial charge >= 0.3 is 23.6 Å². The average Bonchev–Trinajstić information content (AvgIpc) is 4.02. The lowest BCUT2D eigenvalue weighted by Gasteiger charge is -2.22. The molecule has 4 amide bonds. The van der Waals surface area contributed by atoms with E-state index in [9.17, 15) is 19.2 Å². The van der Waals surface area contributed by atoms with E-state index in [4.69, 9.17) is 16.2 Å². The molecule has 0 aliphatic rings. The topological polar surface area (TPSA) is 258 Å². The second-order valence-corrected chi connectivity index (χ2v) is 23.5. The van der Waals surface area contributed by atoms with Crippen molar-refractivity contribution in [3.8, 4) is 0 Å². The molecule has 70 heavy (non-hydrogen) atoms. The minimum atomic E-state index is -1.25. The average molecular weight is 961 g/mol. The van der Waals surface area contributed by atoms with Gasteiger partial charge in [0, 0.05) is 40.2 Å². The lowest BCUT2D eigenvalue weighted by atomic mass is 10.1. The normalized spacial score (nSPS) is 11.2. The molecule has 7 N–H and O–H groups in total. The van der Waals surface area contributed by atoms with Gasteiger partial charge in [-0.05, 0) is 55.3 Å². The van der Waals surface area contributed by atoms with Crippen LogP contribution in [0.1, 0.15) is 33.6 Å². The van der Waals surface area contributed by atoms with Crippen molar-refractivity contribution in [2.75, 3.05) is 28.7 Å². The molecule has 0 fully saturated rings. The Labute approximate surface area is 405 Å². The SMILES string of the molecule is Cc1cccc(CN(Cc2ccccn2)C(=O)C(=O)Nc2cnc(N)c3cn[nH]c23)c1.Cc1cccc(CN(Cc2ccccn2)C(=O)C(=O)Nc2cnc(N)c3cnn(COCC[Si](C)(C)C)c23)c1. The first kappa shape index (κ1) is 49.5. The van der Waals surface area contributed by atoms with Gasteiger partial charge in [-0.3, -0.25) is 34.2 Å². The van der Waals surface area contributed by atoms with Crippen LogP contribution >= 0.6 is 0 Å². The summed E-state index contributed by atoms with van der Waals surface area (Å²) in [6.07, 6.45) is 9.24. The van der Waals surface area contributed by atoms with Crippen molar-refractivity contribution in [3.05, 3.63) is 156 Å². The van der Waals surface area contributed by atoms with Gasteiger partial charge in [0.15, 0.2) is 0 Å². The zero-order valence-corrected chi connectivity index (χ0v) is 40.7. The lowest BCUT2D eigenvalue weighted by molar-refractivity contribution is -0.144. The third kappa shape index (κ3) is 13.2. The van der Waals surface area contributed by atoms with Gasteiger partial charge in [0.25, 0.3) is 0 Å². The number of nitrogens with one attached hydrogen (secondary N) is 3. The number of nitrogens with two attached hydrogens (primary N) is 2. The number of carbonyl (C=O) groups is 4. The van der Waals surface area contributed by atoms with E-state index >= 15 is 0 Å². The van der Waals surface area contributed by atoms with Crippen LogP contribution in [0, 0.1) is 13.8 Å². The summed E-state index contributed by atoms with van der Waals surface area (Å²) in [6, 6.07) is 27.6. The largest absolute Gasteiger partial charge is 0.383 e. The van der Waals surface area contributed by atoms with Gasteiger partial charge in [0.1, 0.15) is 18.4 Å². The van der Waals surface area contributed by atoms with E-state index in [1.54, 1.807) is 35.4 Å². The molecule has 0 saturated carbocycles. The number of pyridine rings is 4. The van der Waals surface area contributed by atoms with Crippen LogP contribution in [0.4, 0.5) is 23.0 Å². The number of H-pyrrole nitrogens is 1. The summed E-state index contributed by atoms with van der Waals surface area (Å²) >= 11 is 0. The first-order valence-corrected chi connectivity index (χ1v) is 26.2. The standard InChI is InChI=1S/C28H35N7O3Si.C22H21N7O2/c1-20-8-7-9-21(14-20)17-34(18-22-10-5-6-11-30-22)28(37)27(36)33-24-16-31-26(29)23-15-32-35(25(23)24)19-38-12-13-39(2,3)4;1-14-5-4-6-15(9-14)12-29(13-16-7-2-3-8-24-16)22(31)21(30)27-18-11-25-20(23)17-10-26-28-19(17)18/h5-11,14-16H,12-13,17-19H2,1-4H3,(H2,29,31)(H,33,36);2-11H,12-13H2,1H3,(H2,23,25)(H,26,28)(H,27,30). The number of rotatable bonds is 15. The molecule has 0 radical (unpaired) electrons. The Morgan fingerprint density at radius 3 is 1.73 bits per heavy atom. The summed E-state index contributed by atoms with van der Waals surface area (Å²) < 4.78 is 7.49. The number of fused-ring (bicyclic) bond motifs is 2. The molecule has 8 rings (SSSR count). The highest BCUT2D eigenvalue weighted by Gasteiger charge is 2.26. The van der Waals surface area contributed by atoms with Crippen molar-refractivity contribution in [2.45, 2.75) is 72.4 Å². The summed E-state index contributed by atoms with van der Waals surface area (Å²) in [5.74, 6) is -2.39. The Morgan fingerprint density at radius 2 is 1.20 bits per heavy atom. The molecule has 0 bridgehead atoms. The third-order valence-electron chi connectivity index (χ3n) is 11.0. The number of nitrogen functional groups attached to an aromatic ring is 2. The van der Waals surface area contributed by atoms with Crippen molar-refractivity contribution in [2.24, 2.45) is 0 Å². The number of aryl methyl sites for hydroxylation is 2. The number of hydrogen-bond donors (Lipinski definition) is 5. The molecule has 20 heteroatoms. The number of aromatic nitrogens is 8. The fraction of sp³-hybridized carbons (Fsp3) is 0.240. The summed E-state index contributed by atoms with van der Waals surface area (Å²) in [5, 5.41) is 17.6. The maximum Gasteiger partial charge on any atom is 0.314 e. The van der Waals surface area contributed by atoms with Crippen molar-refractivity contribution in [1.29, 1.82) is 0 Å². The van der Waals surface area contributed by atoms with Gasteiger partial charge in [-0.15, -0.1) is 0 Å². The molecule has 0 unspecified atom stereocenters. The van der Waals surface area contributed by atoms with E-state index in [0.29, 0.717) is 51.2 Å². The monoisotopic (exact) mass is 960 g/mol. The fourth-order valence-electron chi connectivity index (χ4n) is 7.36. The Bertz CT molecular complexity index is 3100. The predicted molar refractivity (Wildman–Crippen MR) is 271 cm³/mol. The maximum atomic E-state index is 13.5. The highest BCUT2D eigenvalue weighted by molar-refractivity contribution is 6.76.